The van der Waals surface area contributed by atoms with Crippen LogP contribution in [0.5, 0.6) is 0 Å². The summed E-state index contributed by atoms with van der Waals surface area (Å²) >= 11 is 0. The number of hydrogen-bond donors (Lipinski definition) is 1. The maximum absolute atomic E-state index is 11.9. The van der Waals surface area contributed by atoms with Crippen LogP contribution in [0.2, 0.25) is 0 Å². The third-order valence-electron chi connectivity index (χ3n) is 5.14. The summed E-state index contributed by atoms with van der Waals surface area (Å²) in [7, 11) is 3.56. The highest BCUT2D eigenvalue weighted by Gasteiger charge is 2.39. The predicted octanol–water partition coefficient (Wildman–Crippen LogP) is 1.08. The molecule has 0 aromatic rings. The van der Waals surface area contributed by atoms with Crippen molar-refractivity contribution in [1.29, 1.82) is 0 Å². The van der Waals surface area contributed by atoms with Gasteiger partial charge in [-0.15, -0.1) is 0 Å². The van der Waals surface area contributed by atoms with Crippen molar-refractivity contribution in [3.05, 3.63) is 0 Å². The zero-order chi connectivity index (χ0) is 16.3. The van der Waals surface area contributed by atoms with Gasteiger partial charge in [-0.2, -0.15) is 0 Å². The van der Waals surface area contributed by atoms with E-state index in [9.17, 15) is 4.79 Å². The lowest BCUT2D eigenvalue weighted by Crippen LogP contribution is -2.53. The van der Waals surface area contributed by atoms with Crippen molar-refractivity contribution >= 4 is 11.9 Å². The third-order valence-corrected chi connectivity index (χ3v) is 5.14. The first-order valence-electron chi connectivity index (χ1n) is 8.92. The van der Waals surface area contributed by atoms with Crippen molar-refractivity contribution in [2.24, 2.45) is 10.4 Å². The first-order chi connectivity index (χ1) is 11.1. The molecule has 0 radical (unpaired) electrons. The van der Waals surface area contributed by atoms with Crippen LogP contribution in [0.15, 0.2) is 4.99 Å². The molecule has 1 unspecified atom stereocenters. The quantitative estimate of drug-likeness (QED) is 0.624. The minimum absolute atomic E-state index is 0.0489. The van der Waals surface area contributed by atoms with Gasteiger partial charge in [0.1, 0.15) is 6.54 Å². The Kier molecular flexibility index (Phi) is 5.09. The van der Waals surface area contributed by atoms with Gasteiger partial charge in [-0.3, -0.25) is 4.79 Å². The van der Waals surface area contributed by atoms with Crippen LogP contribution in [-0.2, 0) is 9.53 Å². The smallest absolute Gasteiger partial charge is 0.243 e. The van der Waals surface area contributed by atoms with Gasteiger partial charge in [0.15, 0.2) is 5.96 Å². The number of nitrogens with one attached hydrogen (secondary N) is 1. The third kappa shape index (κ3) is 4.37. The number of aliphatic imine (C=N–C) groups is 1. The van der Waals surface area contributed by atoms with E-state index in [4.69, 9.17) is 4.74 Å². The van der Waals surface area contributed by atoms with Crippen LogP contribution in [0.3, 0.4) is 0 Å². The molecule has 3 fully saturated rings. The number of nitrogens with zero attached hydrogens (tertiary/aromatic N) is 3. The summed E-state index contributed by atoms with van der Waals surface area (Å²) in [6.45, 7) is 4.03. The van der Waals surface area contributed by atoms with Gasteiger partial charge in [-0.05, 0) is 38.5 Å². The van der Waals surface area contributed by atoms with E-state index >= 15 is 0 Å². The average molecular weight is 322 g/mol. The maximum Gasteiger partial charge on any atom is 0.243 e. The summed E-state index contributed by atoms with van der Waals surface area (Å²) in [4.78, 5) is 20.5. The zero-order valence-electron chi connectivity index (χ0n) is 14.5. The lowest BCUT2D eigenvalue weighted by molar-refractivity contribution is -0.127. The number of hydrogen-bond acceptors (Lipinski definition) is 3. The summed E-state index contributed by atoms with van der Waals surface area (Å²) in [6, 6.07) is 0.545. The van der Waals surface area contributed by atoms with Gasteiger partial charge in [0.2, 0.25) is 5.91 Å². The maximum atomic E-state index is 11.9. The van der Waals surface area contributed by atoms with Crippen molar-refractivity contribution in [1.82, 2.24) is 15.1 Å². The van der Waals surface area contributed by atoms with Crippen LogP contribution in [0.1, 0.15) is 38.5 Å². The number of carbonyl (C=O) groups is 1. The molecule has 3 aliphatic rings. The Morgan fingerprint density at radius 2 is 2.13 bits per heavy atom. The lowest BCUT2D eigenvalue weighted by atomic mass is 9.76. The lowest BCUT2D eigenvalue weighted by Gasteiger charge is -2.45. The fraction of sp³-hybridized carbons (Fsp3) is 0.882. The van der Waals surface area contributed by atoms with E-state index in [2.05, 4.69) is 15.2 Å². The first kappa shape index (κ1) is 16.6. The molecule has 3 rings (SSSR count). The summed E-state index contributed by atoms with van der Waals surface area (Å²) < 4.78 is 5.77. The van der Waals surface area contributed by atoms with Crippen molar-refractivity contribution in [2.45, 2.75) is 44.6 Å². The van der Waals surface area contributed by atoms with Gasteiger partial charge in [0.05, 0.1) is 6.61 Å². The Hall–Kier alpha value is -1.30. The SMILES string of the molecule is CN(C)C(=O)CN=C(NC1CC1)N1CCCC2(CCCOC2)C1. The van der Waals surface area contributed by atoms with Crippen LogP contribution in [-0.4, -0.2) is 74.7 Å². The highest BCUT2D eigenvalue weighted by molar-refractivity contribution is 5.85. The molecule has 1 amide bonds. The number of piperidine rings is 1. The van der Waals surface area contributed by atoms with Crippen molar-refractivity contribution in [2.75, 3.05) is 46.9 Å². The van der Waals surface area contributed by atoms with Gasteiger partial charge >= 0.3 is 0 Å². The van der Waals surface area contributed by atoms with Crippen LogP contribution in [0, 0.1) is 5.41 Å². The topological polar surface area (TPSA) is 57.2 Å². The molecule has 6 nitrogen and oxygen atoms in total. The summed E-state index contributed by atoms with van der Waals surface area (Å²) in [6.07, 6.45) is 7.25. The van der Waals surface area contributed by atoms with E-state index in [1.165, 1.54) is 32.1 Å². The Labute approximate surface area is 139 Å². The number of guanidine groups is 1. The molecule has 1 atom stereocenters. The fourth-order valence-corrected chi connectivity index (χ4v) is 3.55. The van der Waals surface area contributed by atoms with Gasteiger partial charge < -0.3 is 19.9 Å². The van der Waals surface area contributed by atoms with E-state index in [1.54, 1.807) is 19.0 Å². The van der Waals surface area contributed by atoms with Crippen molar-refractivity contribution in [3.63, 3.8) is 0 Å². The summed E-state index contributed by atoms with van der Waals surface area (Å²) in [5, 5.41) is 3.54. The van der Waals surface area contributed by atoms with Crippen LogP contribution in [0.4, 0.5) is 0 Å². The molecule has 6 heteroatoms. The van der Waals surface area contributed by atoms with Crippen LogP contribution >= 0.6 is 0 Å². The van der Waals surface area contributed by atoms with Crippen molar-refractivity contribution < 1.29 is 9.53 Å². The molecule has 0 aromatic heterocycles. The van der Waals surface area contributed by atoms with E-state index in [1.807, 2.05) is 0 Å². The average Bonchev–Trinajstić information content (AvgIpc) is 3.36. The van der Waals surface area contributed by atoms with E-state index in [0.717, 1.165) is 38.7 Å². The number of ether oxygens (including phenoxy) is 1. The zero-order valence-corrected chi connectivity index (χ0v) is 14.5. The monoisotopic (exact) mass is 322 g/mol. The fourth-order valence-electron chi connectivity index (χ4n) is 3.55. The standard InChI is InChI=1S/C17H30N4O2/c1-20(2)15(22)11-18-16(19-14-5-6-14)21-9-3-7-17(12-21)8-4-10-23-13-17/h14H,3-13H2,1-2H3,(H,18,19). The van der Waals surface area contributed by atoms with Gasteiger partial charge in [-0.1, -0.05) is 0 Å². The number of carbonyl (C=O) groups excluding carboxylic acids is 1. The molecule has 1 aliphatic carbocycles. The minimum Gasteiger partial charge on any atom is -0.381 e. The van der Waals surface area contributed by atoms with Crippen LogP contribution in [0.25, 0.3) is 0 Å². The highest BCUT2D eigenvalue weighted by atomic mass is 16.5. The normalized spacial score (nSPS) is 28.8. The molecule has 2 aliphatic heterocycles. The molecule has 1 saturated carbocycles. The second-order valence-electron chi connectivity index (χ2n) is 7.53. The molecular weight excluding hydrogens is 292 g/mol. The molecule has 0 aromatic carbocycles. The number of likely N-dealkylation sites (N-methyl/N-ethyl adjacent to an activating group) is 1. The highest BCUT2D eigenvalue weighted by Crippen LogP contribution is 2.37. The summed E-state index contributed by atoms with van der Waals surface area (Å²) in [5.74, 6) is 0.972. The first-order valence-corrected chi connectivity index (χ1v) is 8.92. The Morgan fingerprint density at radius 3 is 2.78 bits per heavy atom. The van der Waals surface area contributed by atoms with E-state index in [0.29, 0.717) is 6.04 Å². The second kappa shape index (κ2) is 7.07. The molecule has 2 saturated heterocycles. The van der Waals surface area contributed by atoms with Crippen LogP contribution < -0.4 is 5.32 Å². The Balaban J connectivity index is 1.67. The molecule has 2 heterocycles. The Bertz CT molecular complexity index is 448. The molecule has 130 valence electrons. The van der Waals surface area contributed by atoms with Gasteiger partial charge in [0.25, 0.3) is 0 Å². The largest absolute Gasteiger partial charge is 0.381 e. The molecule has 0 bridgehead atoms. The predicted molar refractivity (Wildman–Crippen MR) is 90.4 cm³/mol. The number of amides is 1. The van der Waals surface area contributed by atoms with Gasteiger partial charge in [0, 0.05) is 45.2 Å². The van der Waals surface area contributed by atoms with E-state index < -0.39 is 0 Å². The molecular formula is C17H30N4O2. The van der Waals surface area contributed by atoms with E-state index in [-0.39, 0.29) is 17.9 Å². The number of likely N-dealkylation sites (tertiary alicyclic amines) is 1. The second-order valence-corrected chi connectivity index (χ2v) is 7.53. The Morgan fingerprint density at radius 1 is 1.35 bits per heavy atom. The summed E-state index contributed by atoms with van der Waals surface area (Å²) in [5.41, 5.74) is 0.286. The molecule has 1 spiro atoms. The molecule has 1 N–H and O–H groups in total. The minimum atomic E-state index is 0.0489. The van der Waals surface area contributed by atoms with Gasteiger partial charge in [-0.25, -0.2) is 4.99 Å². The van der Waals surface area contributed by atoms with Crippen molar-refractivity contribution in [3.8, 4) is 0 Å². The number of rotatable bonds is 3. The molecule has 23 heavy (non-hydrogen) atoms.